The van der Waals surface area contributed by atoms with Gasteiger partial charge in [0.15, 0.2) is 4.96 Å². The summed E-state index contributed by atoms with van der Waals surface area (Å²) in [5.74, 6) is -0.176. The number of anilines is 1. The smallest absolute Gasteiger partial charge is 0.233 e. The molecule has 4 aromatic rings. The number of amides is 1. The van der Waals surface area contributed by atoms with Crippen molar-refractivity contribution in [1.82, 2.24) is 9.38 Å². The first-order chi connectivity index (χ1) is 13.6. The Labute approximate surface area is 165 Å². The maximum Gasteiger partial charge on any atom is 0.233 e. The van der Waals surface area contributed by atoms with E-state index in [2.05, 4.69) is 18.0 Å². The normalized spacial score (nSPS) is 15.9. The number of carbonyl (C=O) groups is 1. The molecule has 1 aliphatic heterocycles. The Hall–Kier alpha value is -2.99. The summed E-state index contributed by atoms with van der Waals surface area (Å²) in [5, 5.41) is 1.99. The zero-order chi connectivity index (χ0) is 19.3. The lowest BCUT2D eigenvalue weighted by atomic mass is 10.1. The number of aromatic nitrogens is 2. The highest BCUT2D eigenvalue weighted by Crippen LogP contribution is 2.33. The number of nitrogens with zero attached hydrogens (tertiary/aromatic N) is 3. The third kappa shape index (κ3) is 2.81. The second kappa shape index (κ2) is 6.56. The maximum absolute atomic E-state index is 13.2. The first-order valence-corrected chi connectivity index (χ1v) is 10.1. The summed E-state index contributed by atoms with van der Waals surface area (Å²) in [7, 11) is 0. The number of hydrogen-bond acceptors (Lipinski definition) is 3. The second-order valence-corrected chi connectivity index (χ2v) is 7.97. The van der Waals surface area contributed by atoms with Crippen molar-refractivity contribution in [3.63, 3.8) is 0 Å². The molecule has 2 aromatic heterocycles. The number of rotatable bonds is 3. The predicted octanol–water partition coefficient (Wildman–Crippen LogP) is 4.72. The molecule has 0 aliphatic carbocycles. The molecule has 0 saturated carbocycles. The summed E-state index contributed by atoms with van der Waals surface area (Å²) >= 11 is 1.51. The molecule has 0 fully saturated rings. The van der Waals surface area contributed by atoms with Crippen LogP contribution in [0.1, 0.15) is 18.2 Å². The van der Waals surface area contributed by atoms with E-state index in [1.54, 1.807) is 12.1 Å². The Kier molecular flexibility index (Phi) is 4.02. The summed E-state index contributed by atoms with van der Waals surface area (Å²) < 4.78 is 15.1. The van der Waals surface area contributed by atoms with Gasteiger partial charge in [0.25, 0.3) is 0 Å². The van der Waals surface area contributed by atoms with Gasteiger partial charge in [-0.2, -0.15) is 0 Å². The van der Waals surface area contributed by atoms with Crippen LogP contribution in [0.3, 0.4) is 0 Å². The highest BCUT2D eigenvalue weighted by Gasteiger charge is 2.30. The molecular formula is C22H18FN3OS. The van der Waals surface area contributed by atoms with Crippen LogP contribution in [-0.4, -0.2) is 21.3 Å². The van der Waals surface area contributed by atoms with Gasteiger partial charge in [0.2, 0.25) is 5.91 Å². The number of hydrogen-bond donors (Lipinski definition) is 0. The van der Waals surface area contributed by atoms with Crippen molar-refractivity contribution in [3.8, 4) is 11.3 Å². The zero-order valence-corrected chi connectivity index (χ0v) is 16.1. The molecule has 0 saturated heterocycles. The second-order valence-electron chi connectivity index (χ2n) is 7.14. The molecule has 5 rings (SSSR count). The topological polar surface area (TPSA) is 37.6 Å². The van der Waals surface area contributed by atoms with Crippen molar-refractivity contribution in [2.75, 3.05) is 4.90 Å². The molecule has 0 N–H and O–H groups in total. The molecular weight excluding hydrogens is 373 g/mol. The van der Waals surface area contributed by atoms with Crippen molar-refractivity contribution in [3.05, 3.63) is 77.2 Å². The Morgan fingerprint density at radius 1 is 1.21 bits per heavy atom. The summed E-state index contributed by atoms with van der Waals surface area (Å²) in [6.07, 6.45) is 3.13. The van der Waals surface area contributed by atoms with Crippen LogP contribution in [0, 0.1) is 5.82 Å². The monoisotopic (exact) mass is 391 g/mol. The fourth-order valence-corrected chi connectivity index (χ4v) is 4.77. The van der Waals surface area contributed by atoms with Crippen LogP contribution >= 0.6 is 11.3 Å². The van der Waals surface area contributed by atoms with E-state index in [0.717, 1.165) is 34.0 Å². The average molecular weight is 391 g/mol. The van der Waals surface area contributed by atoms with Gasteiger partial charge < -0.3 is 4.90 Å². The van der Waals surface area contributed by atoms with Gasteiger partial charge in [-0.3, -0.25) is 9.20 Å². The van der Waals surface area contributed by atoms with Crippen LogP contribution in [0.5, 0.6) is 0 Å². The van der Waals surface area contributed by atoms with Crippen molar-refractivity contribution >= 4 is 27.9 Å². The van der Waals surface area contributed by atoms with Crippen molar-refractivity contribution < 1.29 is 9.18 Å². The van der Waals surface area contributed by atoms with Crippen LogP contribution in [0.4, 0.5) is 10.1 Å². The van der Waals surface area contributed by atoms with Crippen LogP contribution in [0.15, 0.2) is 60.1 Å². The van der Waals surface area contributed by atoms with Gasteiger partial charge in [0.1, 0.15) is 5.82 Å². The van der Waals surface area contributed by atoms with E-state index in [1.807, 2.05) is 39.1 Å². The number of imidazole rings is 1. The van der Waals surface area contributed by atoms with Crippen LogP contribution < -0.4 is 4.90 Å². The first-order valence-electron chi connectivity index (χ1n) is 9.21. The SMILES string of the molecule is C[C@@H]1Cc2ccccc2N1C(=O)Cc1csc2nc(-c3ccc(F)cc3)cn12. The zero-order valence-electron chi connectivity index (χ0n) is 15.3. The number of carbonyl (C=O) groups excluding carboxylic acids is 1. The van der Waals surface area contributed by atoms with Crippen LogP contribution in [0.2, 0.25) is 0 Å². The van der Waals surface area contributed by atoms with Gasteiger partial charge >= 0.3 is 0 Å². The summed E-state index contributed by atoms with van der Waals surface area (Å²) in [5.41, 5.74) is 4.80. The van der Waals surface area contributed by atoms with Crippen molar-refractivity contribution in [2.45, 2.75) is 25.8 Å². The third-order valence-electron chi connectivity index (χ3n) is 5.23. The van der Waals surface area contributed by atoms with E-state index in [1.165, 1.54) is 29.0 Å². The van der Waals surface area contributed by atoms with Gasteiger partial charge in [-0.1, -0.05) is 18.2 Å². The Balaban J connectivity index is 1.44. The van der Waals surface area contributed by atoms with E-state index in [0.29, 0.717) is 6.42 Å². The Morgan fingerprint density at radius 2 is 2.00 bits per heavy atom. The number of thiazole rings is 1. The van der Waals surface area contributed by atoms with Gasteiger partial charge in [0.05, 0.1) is 12.1 Å². The van der Waals surface area contributed by atoms with Gasteiger partial charge in [-0.15, -0.1) is 11.3 Å². The molecule has 1 aliphatic rings. The third-order valence-corrected chi connectivity index (χ3v) is 6.12. The lowest BCUT2D eigenvalue weighted by Crippen LogP contribution is -2.37. The standard InChI is InChI=1S/C22H18FN3OS/c1-14-10-16-4-2-3-5-20(16)26(14)21(27)11-18-13-28-22-24-19(12-25(18)22)15-6-8-17(23)9-7-15/h2-9,12-14H,10-11H2,1H3/t14-/m1/s1. The van der Waals surface area contributed by atoms with E-state index in [-0.39, 0.29) is 17.8 Å². The lowest BCUT2D eigenvalue weighted by molar-refractivity contribution is -0.118. The number of fused-ring (bicyclic) bond motifs is 2. The fourth-order valence-electron chi connectivity index (χ4n) is 3.90. The van der Waals surface area contributed by atoms with Crippen molar-refractivity contribution in [1.29, 1.82) is 0 Å². The van der Waals surface area contributed by atoms with E-state index < -0.39 is 0 Å². The van der Waals surface area contributed by atoms with Gasteiger partial charge in [-0.25, -0.2) is 9.37 Å². The first kappa shape index (κ1) is 17.1. The molecule has 1 atom stereocenters. The highest BCUT2D eigenvalue weighted by atomic mass is 32.1. The van der Waals surface area contributed by atoms with Gasteiger partial charge in [0, 0.05) is 34.6 Å². The minimum atomic E-state index is -0.268. The molecule has 1 amide bonds. The summed E-state index contributed by atoms with van der Waals surface area (Å²) in [6, 6.07) is 14.6. The molecule has 0 radical (unpaired) electrons. The average Bonchev–Trinajstić information content (AvgIpc) is 3.35. The molecule has 4 nitrogen and oxygen atoms in total. The van der Waals surface area contributed by atoms with Crippen molar-refractivity contribution in [2.24, 2.45) is 0 Å². The van der Waals surface area contributed by atoms with Crippen LogP contribution in [-0.2, 0) is 17.6 Å². The lowest BCUT2D eigenvalue weighted by Gasteiger charge is -2.22. The molecule has 28 heavy (non-hydrogen) atoms. The quantitative estimate of drug-likeness (QED) is 0.507. The summed E-state index contributed by atoms with van der Waals surface area (Å²) in [4.78, 5) is 20.5. The molecule has 0 spiro atoms. The Bertz CT molecular complexity index is 1180. The molecule has 2 aromatic carbocycles. The molecule has 0 unspecified atom stereocenters. The molecule has 6 heteroatoms. The number of halogens is 1. The molecule has 0 bridgehead atoms. The number of benzene rings is 2. The Morgan fingerprint density at radius 3 is 2.82 bits per heavy atom. The van der Waals surface area contributed by atoms with E-state index in [9.17, 15) is 9.18 Å². The maximum atomic E-state index is 13.2. The van der Waals surface area contributed by atoms with E-state index >= 15 is 0 Å². The van der Waals surface area contributed by atoms with Gasteiger partial charge in [-0.05, 0) is 49.2 Å². The molecule has 3 heterocycles. The minimum Gasteiger partial charge on any atom is -0.309 e. The largest absolute Gasteiger partial charge is 0.309 e. The minimum absolute atomic E-state index is 0.0918. The molecule has 140 valence electrons. The van der Waals surface area contributed by atoms with E-state index in [4.69, 9.17) is 0 Å². The van der Waals surface area contributed by atoms with Crippen LogP contribution in [0.25, 0.3) is 16.2 Å². The summed E-state index contributed by atoms with van der Waals surface area (Å²) in [6.45, 7) is 2.09. The fraction of sp³-hybridized carbons (Fsp3) is 0.182. The number of para-hydroxylation sites is 1. The predicted molar refractivity (Wildman–Crippen MR) is 109 cm³/mol. The highest BCUT2D eigenvalue weighted by molar-refractivity contribution is 7.15.